The number of hydrogen-bond donors (Lipinski definition) is 3. The highest BCUT2D eigenvalue weighted by Gasteiger charge is 2.06. The zero-order valence-electron chi connectivity index (χ0n) is 16.1. The molecule has 148 valence electrons. The maximum atomic E-state index is 12.1. The number of hydrazine groups is 1. The van der Waals surface area contributed by atoms with Gasteiger partial charge in [-0.2, -0.15) is 0 Å². The maximum Gasteiger partial charge on any atom is 0.269 e. The smallest absolute Gasteiger partial charge is 0.269 e. The van der Waals surface area contributed by atoms with E-state index in [4.69, 9.17) is 17.0 Å². The van der Waals surface area contributed by atoms with Crippen molar-refractivity contribution in [1.82, 2.24) is 16.2 Å². The fraction of sp³-hybridized carbons (Fsp3) is 0.130. The van der Waals surface area contributed by atoms with Crippen molar-refractivity contribution in [3.63, 3.8) is 0 Å². The van der Waals surface area contributed by atoms with Crippen molar-refractivity contribution >= 4 is 23.2 Å². The number of carbonyl (C=O) groups is 1. The molecule has 0 saturated heterocycles. The van der Waals surface area contributed by atoms with E-state index >= 15 is 0 Å². The van der Waals surface area contributed by atoms with Gasteiger partial charge in [-0.15, -0.1) is 0 Å². The predicted molar refractivity (Wildman–Crippen MR) is 120 cm³/mol. The van der Waals surface area contributed by atoms with E-state index in [0.29, 0.717) is 23.8 Å². The van der Waals surface area contributed by atoms with Gasteiger partial charge in [-0.1, -0.05) is 54.6 Å². The van der Waals surface area contributed by atoms with E-state index in [-0.39, 0.29) is 5.91 Å². The summed E-state index contributed by atoms with van der Waals surface area (Å²) in [5.41, 5.74) is 9.05. The molecule has 0 atom stereocenters. The number of amides is 1. The molecule has 0 aliphatic carbocycles. The number of hydrogen-bond acceptors (Lipinski definition) is 3. The van der Waals surface area contributed by atoms with Crippen molar-refractivity contribution in [1.29, 1.82) is 0 Å². The molecule has 29 heavy (non-hydrogen) atoms. The van der Waals surface area contributed by atoms with Crippen molar-refractivity contribution in [3.05, 3.63) is 90.0 Å². The Bertz CT molecular complexity index is 942. The lowest BCUT2D eigenvalue weighted by Gasteiger charge is -2.11. The van der Waals surface area contributed by atoms with Crippen LogP contribution in [0.25, 0.3) is 11.1 Å². The van der Waals surface area contributed by atoms with E-state index in [0.717, 1.165) is 16.9 Å². The van der Waals surface area contributed by atoms with Gasteiger partial charge in [0.2, 0.25) is 0 Å². The van der Waals surface area contributed by atoms with Crippen LogP contribution in [0.15, 0.2) is 78.9 Å². The summed E-state index contributed by atoms with van der Waals surface area (Å²) in [4.78, 5) is 12.1. The lowest BCUT2D eigenvalue weighted by molar-refractivity contribution is 0.0943. The fourth-order valence-electron chi connectivity index (χ4n) is 2.68. The number of carbonyl (C=O) groups excluding carboxylic acids is 1. The van der Waals surface area contributed by atoms with Gasteiger partial charge in [0.1, 0.15) is 12.4 Å². The monoisotopic (exact) mass is 405 g/mol. The summed E-state index contributed by atoms with van der Waals surface area (Å²) in [7, 11) is 0. The molecule has 0 aliphatic rings. The number of thiocarbonyl (C=S) groups is 1. The number of ether oxygens (including phenoxy) is 1. The second kappa shape index (κ2) is 10.2. The highest BCUT2D eigenvalue weighted by Crippen LogP contribution is 2.22. The second-order valence-corrected chi connectivity index (χ2v) is 6.72. The van der Waals surface area contributed by atoms with Gasteiger partial charge < -0.3 is 10.1 Å². The average molecular weight is 406 g/mol. The molecule has 3 aromatic carbocycles. The standard InChI is InChI=1S/C23H23N3O2S/c1-2-24-23(29)26-25-22(27)20-10-8-17(9-11-20)16-28-21-14-12-19(13-15-21)18-6-4-3-5-7-18/h3-15H,2,16H2,1H3,(H,25,27)(H2,24,26,29). The van der Waals surface area contributed by atoms with E-state index in [1.807, 2.05) is 61.5 Å². The summed E-state index contributed by atoms with van der Waals surface area (Å²) >= 11 is 5.01. The fourth-order valence-corrected chi connectivity index (χ4v) is 2.88. The molecule has 3 rings (SSSR count). The second-order valence-electron chi connectivity index (χ2n) is 6.31. The van der Waals surface area contributed by atoms with Gasteiger partial charge in [0, 0.05) is 12.1 Å². The van der Waals surface area contributed by atoms with E-state index < -0.39 is 0 Å². The van der Waals surface area contributed by atoms with Gasteiger partial charge in [0.05, 0.1) is 0 Å². The van der Waals surface area contributed by atoms with Crippen LogP contribution in [0.2, 0.25) is 0 Å². The summed E-state index contributed by atoms with van der Waals surface area (Å²) in [6.45, 7) is 3.04. The first-order chi connectivity index (χ1) is 14.2. The molecule has 6 heteroatoms. The third kappa shape index (κ3) is 6.05. The molecule has 1 amide bonds. The highest BCUT2D eigenvalue weighted by atomic mass is 32.1. The summed E-state index contributed by atoms with van der Waals surface area (Å²) in [6, 6.07) is 25.5. The Morgan fingerprint density at radius 1 is 0.862 bits per heavy atom. The molecule has 0 fully saturated rings. The molecule has 0 radical (unpaired) electrons. The number of nitrogens with one attached hydrogen (secondary N) is 3. The minimum atomic E-state index is -0.255. The van der Waals surface area contributed by atoms with Crippen molar-refractivity contribution in [2.45, 2.75) is 13.5 Å². The van der Waals surface area contributed by atoms with Crippen LogP contribution in [0, 0.1) is 0 Å². The Kier molecular flexibility index (Phi) is 7.19. The minimum Gasteiger partial charge on any atom is -0.489 e. The third-order valence-electron chi connectivity index (χ3n) is 4.21. The summed E-state index contributed by atoms with van der Waals surface area (Å²) in [6.07, 6.45) is 0. The predicted octanol–water partition coefficient (Wildman–Crippen LogP) is 4.06. The van der Waals surface area contributed by atoms with Crippen molar-refractivity contribution in [3.8, 4) is 16.9 Å². The topological polar surface area (TPSA) is 62.4 Å². The Morgan fingerprint density at radius 2 is 1.52 bits per heavy atom. The highest BCUT2D eigenvalue weighted by molar-refractivity contribution is 7.80. The molecular weight excluding hydrogens is 382 g/mol. The Labute approximate surface area is 176 Å². The van der Waals surface area contributed by atoms with Gasteiger partial charge in [0.25, 0.3) is 5.91 Å². The Hall–Kier alpha value is -3.38. The Balaban J connectivity index is 1.51. The van der Waals surface area contributed by atoms with Crippen LogP contribution in [0.3, 0.4) is 0 Å². The van der Waals surface area contributed by atoms with Gasteiger partial charge in [-0.3, -0.25) is 15.6 Å². The van der Waals surface area contributed by atoms with Crippen LogP contribution in [-0.4, -0.2) is 17.6 Å². The number of rotatable bonds is 6. The van der Waals surface area contributed by atoms with Crippen molar-refractivity contribution < 1.29 is 9.53 Å². The first-order valence-corrected chi connectivity index (χ1v) is 9.78. The maximum absolute atomic E-state index is 12.1. The molecule has 0 unspecified atom stereocenters. The first-order valence-electron chi connectivity index (χ1n) is 9.37. The largest absolute Gasteiger partial charge is 0.489 e. The van der Waals surface area contributed by atoms with E-state index in [1.165, 1.54) is 5.56 Å². The van der Waals surface area contributed by atoms with Gasteiger partial charge in [-0.05, 0) is 60.1 Å². The molecular formula is C23H23N3O2S. The van der Waals surface area contributed by atoms with Crippen LogP contribution < -0.4 is 20.9 Å². The molecule has 3 aromatic rings. The SMILES string of the molecule is CCNC(=S)NNC(=O)c1ccc(COc2ccc(-c3ccccc3)cc2)cc1. The molecule has 5 nitrogen and oxygen atoms in total. The van der Waals surface area contributed by atoms with Gasteiger partial charge in [0.15, 0.2) is 5.11 Å². The normalized spacial score (nSPS) is 10.1. The number of benzene rings is 3. The van der Waals surface area contributed by atoms with E-state index in [9.17, 15) is 4.79 Å². The van der Waals surface area contributed by atoms with E-state index in [1.54, 1.807) is 12.1 Å². The first kappa shape index (κ1) is 20.4. The summed E-state index contributed by atoms with van der Waals surface area (Å²) < 4.78 is 5.85. The van der Waals surface area contributed by atoms with Crippen LogP contribution in [0.5, 0.6) is 5.75 Å². The molecule has 0 aliphatic heterocycles. The zero-order valence-corrected chi connectivity index (χ0v) is 17.0. The molecule has 3 N–H and O–H groups in total. The lowest BCUT2D eigenvalue weighted by atomic mass is 10.1. The van der Waals surface area contributed by atoms with Crippen molar-refractivity contribution in [2.75, 3.05) is 6.54 Å². The molecule has 0 saturated carbocycles. The molecule has 0 aromatic heterocycles. The quantitative estimate of drug-likeness (QED) is 0.426. The van der Waals surface area contributed by atoms with E-state index in [2.05, 4.69) is 28.3 Å². The summed E-state index contributed by atoms with van der Waals surface area (Å²) in [5, 5.41) is 3.27. The van der Waals surface area contributed by atoms with Gasteiger partial charge >= 0.3 is 0 Å². The summed E-state index contributed by atoms with van der Waals surface area (Å²) in [5.74, 6) is 0.543. The van der Waals surface area contributed by atoms with Gasteiger partial charge in [-0.25, -0.2) is 0 Å². The third-order valence-corrected chi connectivity index (χ3v) is 4.46. The minimum absolute atomic E-state index is 0.255. The molecule has 0 bridgehead atoms. The molecule has 0 heterocycles. The van der Waals surface area contributed by atoms with Crippen LogP contribution >= 0.6 is 12.2 Å². The lowest BCUT2D eigenvalue weighted by Crippen LogP contribution is -2.46. The molecule has 0 spiro atoms. The average Bonchev–Trinajstić information content (AvgIpc) is 2.77. The Morgan fingerprint density at radius 3 is 2.17 bits per heavy atom. The van der Waals surface area contributed by atoms with Crippen LogP contribution in [0.1, 0.15) is 22.8 Å². The van der Waals surface area contributed by atoms with Crippen molar-refractivity contribution in [2.24, 2.45) is 0 Å². The zero-order chi connectivity index (χ0) is 20.5. The van der Waals surface area contributed by atoms with Crippen LogP contribution in [-0.2, 0) is 6.61 Å². The van der Waals surface area contributed by atoms with Crippen LogP contribution in [0.4, 0.5) is 0 Å².